The average Bonchev–Trinajstić information content (AvgIpc) is 3.32. The van der Waals surface area contributed by atoms with E-state index in [1.807, 2.05) is 13.8 Å². The van der Waals surface area contributed by atoms with Crippen molar-refractivity contribution in [3.05, 3.63) is 41.3 Å². The van der Waals surface area contributed by atoms with Gasteiger partial charge in [0.1, 0.15) is 0 Å². The fraction of sp³-hybridized carbons (Fsp3) is 0.500. The molecule has 0 N–H and O–H groups in total. The Balaban J connectivity index is 1.53. The molecule has 0 aliphatic carbocycles. The van der Waals surface area contributed by atoms with Gasteiger partial charge in [-0.2, -0.15) is 4.98 Å². The average molecular weight is 345 g/mol. The fourth-order valence-electron chi connectivity index (χ4n) is 3.47. The molecule has 1 saturated heterocycles. The summed E-state index contributed by atoms with van der Waals surface area (Å²) < 4.78 is 24.7. The number of para-hydroxylation sites is 1. The number of likely N-dealkylation sites (tertiary alicyclic amines) is 1. The molecule has 0 unspecified atom stereocenters. The Labute approximate surface area is 145 Å². The lowest BCUT2D eigenvalue weighted by molar-refractivity contribution is -0.139. The quantitative estimate of drug-likeness (QED) is 0.855. The Kier molecular flexibility index (Phi) is 3.94. The van der Waals surface area contributed by atoms with Crippen LogP contribution in [0.25, 0.3) is 0 Å². The highest BCUT2D eigenvalue weighted by Gasteiger charge is 2.40. The minimum atomic E-state index is -0.691. The first-order chi connectivity index (χ1) is 12.0. The van der Waals surface area contributed by atoms with Crippen LogP contribution < -0.4 is 4.74 Å². The van der Waals surface area contributed by atoms with E-state index in [4.69, 9.17) is 9.26 Å². The van der Waals surface area contributed by atoms with E-state index in [-0.39, 0.29) is 23.6 Å². The Morgan fingerprint density at radius 1 is 1.40 bits per heavy atom. The number of carbonyl (C=O) groups excluding carboxylic acids is 1. The molecule has 0 saturated carbocycles. The normalized spacial score (nSPS) is 22.3. The molecule has 1 fully saturated rings. The van der Waals surface area contributed by atoms with Crippen LogP contribution in [-0.2, 0) is 11.2 Å². The van der Waals surface area contributed by atoms with Gasteiger partial charge in [-0.15, -0.1) is 0 Å². The van der Waals surface area contributed by atoms with E-state index in [0.29, 0.717) is 24.7 Å². The molecule has 1 aromatic heterocycles. The van der Waals surface area contributed by atoms with E-state index in [2.05, 4.69) is 10.1 Å². The third-order valence-corrected chi connectivity index (χ3v) is 4.77. The highest BCUT2D eigenvalue weighted by Crippen LogP contribution is 2.36. The zero-order valence-corrected chi connectivity index (χ0v) is 14.2. The van der Waals surface area contributed by atoms with Crippen molar-refractivity contribution < 1.29 is 18.4 Å². The topological polar surface area (TPSA) is 68.5 Å². The van der Waals surface area contributed by atoms with Crippen LogP contribution in [-0.4, -0.2) is 33.6 Å². The molecule has 1 amide bonds. The van der Waals surface area contributed by atoms with Gasteiger partial charge in [0.15, 0.2) is 23.5 Å². The van der Waals surface area contributed by atoms with Gasteiger partial charge >= 0.3 is 0 Å². The van der Waals surface area contributed by atoms with Gasteiger partial charge < -0.3 is 14.2 Å². The first-order valence-electron chi connectivity index (χ1n) is 8.62. The molecule has 25 heavy (non-hydrogen) atoms. The van der Waals surface area contributed by atoms with E-state index < -0.39 is 11.9 Å². The number of fused-ring (bicyclic) bond motifs is 1. The third kappa shape index (κ3) is 2.77. The number of rotatable bonds is 3. The van der Waals surface area contributed by atoms with Crippen molar-refractivity contribution in [2.24, 2.45) is 0 Å². The Morgan fingerprint density at radius 2 is 2.24 bits per heavy atom. The van der Waals surface area contributed by atoms with Gasteiger partial charge in [-0.25, -0.2) is 4.39 Å². The largest absolute Gasteiger partial charge is 0.477 e. The van der Waals surface area contributed by atoms with E-state index >= 15 is 0 Å². The van der Waals surface area contributed by atoms with Crippen LogP contribution in [0.2, 0.25) is 0 Å². The molecular weight excluding hydrogens is 325 g/mol. The van der Waals surface area contributed by atoms with Gasteiger partial charge in [0.05, 0.1) is 6.04 Å². The molecule has 6 nitrogen and oxygen atoms in total. The van der Waals surface area contributed by atoms with Crippen LogP contribution in [0, 0.1) is 5.82 Å². The lowest BCUT2D eigenvalue weighted by Gasteiger charge is -2.25. The number of nitrogens with zero attached hydrogens (tertiary/aromatic N) is 3. The minimum Gasteiger partial charge on any atom is -0.477 e. The Morgan fingerprint density at radius 3 is 2.96 bits per heavy atom. The van der Waals surface area contributed by atoms with Crippen molar-refractivity contribution in [3.8, 4) is 5.75 Å². The second-order valence-electron chi connectivity index (χ2n) is 6.87. The molecule has 2 atom stereocenters. The van der Waals surface area contributed by atoms with Gasteiger partial charge in [0.2, 0.25) is 5.89 Å². The number of aromatic nitrogens is 2. The molecule has 0 bridgehead atoms. The Bertz CT molecular complexity index is 805. The van der Waals surface area contributed by atoms with Crippen molar-refractivity contribution >= 4 is 5.91 Å². The summed E-state index contributed by atoms with van der Waals surface area (Å²) in [6, 6.07) is 4.56. The van der Waals surface area contributed by atoms with Gasteiger partial charge in [-0.05, 0) is 18.9 Å². The summed E-state index contributed by atoms with van der Waals surface area (Å²) in [5, 5.41) is 4.05. The molecule has 0 radical (unpaired) electrons. The van der Waals surface area contributed by atoms with Crippen LogP contribution >= 0.6 is 0 Å². The number of carbonyl (C=O) groups is 1. The summed E-state index contributed by atoms with van der Waals surface area (Å²) in [6.45, 7) is 4.58. The SMILES string of the molecule is CC(C)c1nc([C@H]2CCCN2C(=O)[C@H]2Cc3cccc(F)c3O2)no1. The predicted octanol–water partition coefficient (Wildman–Crippen LogP) is 3.00. The summed E-state index contributed by atoms with van der Waals surface area (Å²) in [5.41, 5.74) is 0.732. The zero-order valence-electron chi connectivity index (χ0n) is 14.2. The molecule has 2 aliphatic rings. The van der Waals surface area contributed by atoms with E-state index in [0.717, 1.165) is 18.4 Å². The van der Waals surface area contributed by atoms with E-state index in [1.165, 1.54) is 6.07 Å². The standard InChI is InChI=1S/C18H20FN3O3/c1-10(2)17-20-16(21-25-17)13-7-4-8-22(13)18(23)14-9-11-5-3-6-12(19)15(11)24-14/h3,5-6,10,13-14H,4,7-9H2,1-2H3/t13-,14-/m1/s1. The molecule has 2 aliphatic heterocycles. The maximum atomic E-state index is 13.8. The van der Waals surface area contributed by atoms with Crippen molar-refractivity contribution in [2.45, 2.75) is 51.2 Å². The number of ether oxygens (including phenoxy) is 1. The van der Waals surface area contributed by atoms with Gasteiger partial charge in [-0.1, -0.05) is 31.1 Å². The van der Waals surface area contributed by atoms with Crippen molar-refractivity contribution in [1.82, 2.24) is 15.0 Å². The number of halogens is 1. The van der Waals surface area contributed by atoms with Crippen molar-refractivity contribution in [2.75, 3.05) is 6.54 Å². The third-order valence-electron chi connectivity index (χ3n) is 4.77. The number of hydrogen-bond donors (Lipinski definition) is 0. The van der Waals surface area contributed by atoms with Crippen LogP contribution in [0.3, 0.4) is 0 Å². The highest BCUT2D eigenvalue weighted by atomic mass is 19.1. The molecule has 1 aromatic carbocycles. The molecule has 3 heterocycles. The molecule has 2 aromatic rings. The predicted molar refractivity (Wildman–Crippen MR) is 86.6 cm³/mol. The van der Waals surface area contributed by atoms with Crippen LogP contribution in [0.4, 0.5) is 4.39 Å². The molecular formula is C18H20FN3O3. The Hall–Kier alpha value is -2.44. The van der Waals surface area contributed by atoms with Crippen molar-refractivity contribution in [3.63, 3.8) is 0 Å². The van der Waals surface area contributed by atoms with Gasteiger partial charge in [0.25, 0.3) is 5.91 Å². The summed E-state index contributed by atoms with van der Waals surface area (Å²) in [7, 11) is 0. The monoisotopic (exact) mass is 345 g/mol. The van der Waals surface area contributed by atoms with Crippen LogP contribution in [0.15, 0.2) is 22.7 Å². The van der Waals surface area contributed by atoms with Gasteiger partial charge in [-0.3, -0.25) is 4.79 Å². The first-order valence-corrected chi connectivity index (χ1v) is 8.62. The first kappa shape index (κ1) is 16.1. The van der Waals surface area contributed by atoms with Crippen LogP contribution in [0.1, 0.15) is 55.9 Å². The molecule has 7 heteroatoms. The lowest BCUT2D eigenvalue weighted by atomic mass is 10.1. The minimum absolute atomic E-state index is 0.141. The number of amides is 1. The zero-order chi connectivity index (χ0) is 17.6. The van der Waals surface area contributed by atoms with Crippen molar-refractivity contribution in [1.29, 1.82) is 0 Å². The highest BCUT2D eigenvalue weighted by molar-refractivity contribution is 5.83. The number of benzene rings is 1. The summed E-state index contributed by atoms with van der Waals surface area (Å²) in [4.78, 5) is 19.1. The van der Waals surface area contributed by atoms with E-state index in [1.54, 1.807) is 17.0 Å². The molecule has 132 valence electrons. The maximum Gasteiger partial charge on any atom is 0.264 e. The maximum absolute atomic E-state index is 13.8. The van der Waals surface area contributed by atoms with E-state index in [9.17, 15) is 9.18 Å². The number of hydrogen-bond acceptors (Lipinski definition) is 5. The lowest BCUT2D eigenvalue weighted by Crippen LogP contribution is -2.41. The fourth-order valence-corrected chi connectivity index (χ4v) is 3.47. The second-order valence-corrected chi connectivity index (χ2v) is 6.87. The summed E-state index contributed by atoms with van der Waals surface area (Å²) >= 11 is 0. The van der Waals surface area contributed by atoms with Crippen LogP contribution in [0.5, 0.6) is 5.75 Å². The second kappa shape index (κ2) is 6.13. The summed E-state index contributed by atoms with van der Waals surface area (Å²) in [6.07, 6.45) is 1.36. The molecule has 4 rings (SSSR count). The van der Waals surface area contributed by atoms with Gasteiger partial charge in [0, 0.05) is 24.4 Å². The summed E-state index contributed by atoms with van der Waals surface area (Å²) in [5.74, 6) is 0.873. The smallest absolute Gasteiger partial charge is 0.264 e. The molecule has 0 spiro atoms.